The largest absolute Gasteiger partial charge is 0.508 e. The SMILES string of the molecule is C=C(N)Cc1c(Cc2ccnn2C)ncn1Cc1cccc(O)c1.CC(O)Cc1c(-c2ccnn2C)ncn1Cc1cccc(O)c1.Cc1noc(C)c1N1CCN(c2cccc(O)c2)C(CCC(N)=O)C1.Cn1nccc1N1CCN(c2cccc(O)c2)C(CCC(N)=O)C1. The quantitative estimate of drug-likeness (QED) is 0.0359. The lowest BCUT2D eigenvalue weighted by molar-refractivity contribution is -0.119. The Labute approximate surface area is 558 Å². The number of phenols is 4. The minimum absolute atomic E-state index is 0.108. The Balaban J connectivity index is 0.000000150. The van der Waals surface area contributed by atoms with E-state index in [0.29, 0.717) is 63.7 Å². The van der Waals surface area contributed by atoms with E-state index in [1.54, 1.807) is 85.1 Å². The summed E-state index contributed by atoms with van der Waals surface area (Å²) in [7, 11) is 5.71. The topological polar surface area (TPSA) is 341 Å². The van der Waals surface area contributed by atoms with Crippen LogP contribution >= 0.6 is 0 Å². The molecule has 6 aromatic heterocycles. The molecule has 0 aliphatic carbocycles. The number of anilines is 4. The Morgan fingerprint density at radius 2 is 1.14 bits per heavy atom. The fraction of sp³-hybridized carbons (Fsp3) is 0.343. The molecule has 3 unspecified atom stereocenters. The molecule has 2 aliphatic rings. The Morgan fingerprint density at radius 1 is 0.625 bits per heavy atom. The van der Waals surface area contributed by atoms with Gasteiger partial charge in [-0.05, 0) is 105 Å². The summed E-state index contributed by atoms with van der Waals surface area (Å²) in [5.74, 6) is 2.26. The maximum absolute atomic E-state index is 11.3. The molecular weight excluding hydrogens is 1220 g/mol. The Hall–Kier alpha value is -11.0. The zero-order chi connectivity index (χ0) is 68.6. The number of allylic oxidation sites excluding steroid dienone is 1. The maximum atomic E-state index is 11.3. The number of amides is 2. The van der Waals surface area contributed by atoms with E-state index in [1.807, 2.05) is 122 Å². The fourth-order valence-electron chi connectivity index (χ4n) is 12.3. The van der Waals surface area contributed by atoms with Gasteiger partial charge in [0.05, 0.1) is 36.3 Å². The number of hydrogen-bond donors (Lipinski definition) is 8. The third-order valence-corrected chi connectivity index (χ3v) is 16.9. The van der Waals surface area contributed by atoms with Crippen LogP contribution in [-0.4, -0.2) is 148 Å². The van der Waals surface area contributed by atoms with E-state index < -0.39 is 6.10 Å². The highest BCUT2D eigenvalue weighted by Gasteiger charge is 2.32. The number of aromatic nitrogens is 11. The number of imidazole rings is 2. The van der Waals surface area contributed by atoms with Gasteiger partial charge in [0.15, 0.2) is 5.76 Å². The minimum atomic E-state index is -0.471. The summed E-state index contributed by atoms with van der Waals surface area (Å²) in [6.07, 6.45) is 12.2. The standard InChI is InChI=1S/C18H21N5O.C18H24N4O3.C17H23N5O2.C17H20N4O2/c1-13(19)8-18-17(10-15-6-7-21-22(15)2)20-12-23(18)11-14-4-3-5-16(24)9-14;1-12-18(13(2)25-20-12)21-8-9-22(14-4-3-5-16(23)10-14)15(11-21)6-7-17(19)24;1-20-17(7-8-19-20)21-9-10-22(13-3-2-4-15(23)11-13)14(12-21)5-6-16(18)24;1-12(22)8-16-17(15-6-7-19-20(15)2)18-11-21(16)10-13-4-3-5-14(23)9-13/h3-7,9,12,24H,1,8,10-11,19H2,2H3;3-5,10,15,23H,6-9,11H2,1-2H3,(H2,19,24);2-4,7-8,11,14,23H,5-6,9-10,12H2,1H3,(H2,18,24);3-7,9,11-12,22-23H,8,10H2,1-2H3. The normalized spacial score (nSPS) is 14.8. The number of primary amides is 2. The zero-order valence-corrected chi connectivity index (χ0v) is 55.3. The molecule has 10 aromatic rings. The van der Waals surface area contributed by atoms with Crippen LogP contribution in [0.2, 0.25) is 0 Å². The summed E-state index contributed by atoms with van der Waals surface area (Å²) in [6, 6.07) is 35.0. The monoisotopic (exact) mass is 1310 g/mol. The minimum Gasteiger partial charge on any atom is -0.508 e. The molecule has 2 amide bonds. The molecule has 0 bridgehead atoms. The first kappa shape index (κ1) is 69.3. The second kappa shape index (κ2) is 32.2. The predicted octanol–water partition coefficient (Wildman–Crippen LogP) is 6.98. The number of aliphatic hydroxyl groups is 1. The van der Waals surface area contributed by atoms with Crippen LogP contribution in [0.5, 0.6) is 23.0 Å². The third kappa shape index (κ3) is 18.4. The maximum Gasteiger partial charge on any atom is 0.217 e. The van der Waals surface area contributed by atoms with Crippen LogP contribution in [0.25, 0.3) is 11.4 Å². The van der Waals surface area contributed by atoms with Gasteiger partial charge in [0.2, 0.25) is 11.8 Å². The number of piperazine rings is 2. The predicted molar refractivity (Wildman–Crippen MR) is 368 cm³/mol. The molecule has 8 heterocycles. The van der Waals surface area contributed by atoms with Crippen molar-refractivity contribution in [1.82, 2.24) is 53.6 Å². The number of benzene rings is 4. The van der Waals surface area contributed by atoms with Crippen molar-refractivity contribution >= 4 is 34.7 Å². The van der Waals surface area contributed by atoms with Crippen LogP contribution in [0.4, 0.5) is 22.9 Å². The molecule has 0 radical (unpaired) electrons. The number of rotatable bonds is 21. The van der Waals surface area contributed by atoms with E-state index >= 15 is 0 Å². The highest BCUT2D eigenvalue weighted by atomic mass is 16.5. The lowest BCUT2D eigenvalue weighted by Crippen LogP contribution is -2.54. The molecule has 2 fully saturated rings. The average Bonchev–Trinajstić information content (AvgIpc) is 1.34. The van der Waals surface area contributed by atoms with Crippen molar-refractivity contribution < 1.29 is 39.6 Å². The first-order chi connectivity index (χ1) is 46.1. The number of aryl methyl sites for hydroxylation is 5. The summed E-state index contributed by atoms with van der Waals surface area (Å²) in [4.78, 5) is 40.6. The molecule has 2 saturated heterocycles. The van der Waals surface area contributed by atoms with Crippen LogP contribution in [-0.2, 0) is 63.1 Å². The number of aromatic hydroxyl groups is 4. The molecule has 26 heteroatoms. The molecule has 4 aromatic carbocycles. The lowest BCUT2D eigenvalue weighted by atomic mass is 10.0. The highest BCUT2D eigenvalue weighted by Crippen LogP contribution is 2.33. The first-order valence-electron chi connectivity index (χ1n) is 31.8. The molecule has 3 atom stereocenters. The van der Waals surface area contributed by atoms with E-state index in [9.17, 15) is 35.1 Å². The Morgan fingerprint density at radius 3 is 1.61 bits per heavy atom. The van der Waals surface area contributed by atoms with Gasteiger partial charge in [-0.15, -0.1) is 0 Å². The van der Waals surface area contributed by atoms with Gasteiger partial charge < -0.3 is 76.0 Å². The van der Waals surface area contributed by atoms with Gasteiger partial charge in [0.1, 0.15) is 45.9 Å². The number of hydrogen-bond acceptors (Lipinski definition) is 19. The fourth-order valence-corrected chi connectivity index (χ4v) is 12.3. The lowest BCUT2D eigenvalue weighted by Gasteiger charge is -2.43. The smallest absolute Gasteiger partial charge is 0.217 e. The van der Waals surface area contributed by atoms with Crippen molar-refractivity contribution in [3.63, 3.8) is 0 Å². The van der Waals surface area contributed by atoms with Gasteiger partial charge in [-0.2, -0.15) is 15.3 Å². The number of carbonyl (C=O) groups excluding carboxylic acids is 2. The van der Waals surface area contributed by atoms with Crippen molar-refractivity contribution in [1.29, 1.82) is 0 Å². The van der Waals surface area contributed by atoms with Gasteiger partial charge in [0.25, 0.3) is 0 Å². The van der Waals surface area contributed by atoms with Crippen molar-refractivity contribution in [2.45, 2.75) is 97.0 Å². The van der Waals surface area contributed by atoms with E-state index in [1.165, 1.54) is 0 Å². The number of nitrogens with zero attached hydrogens (tertiary/aromatic N) is 15. The second-order valence-corrected chi connectivity index (χ2v) is 24.2. The van der Waals surface area contributed by atoms with E-state index in [2.05, 4.69) is 61.2 Å². The van der Waals surface area contributed by atoms with Gasteiger partial charge in [-0.25, -0.2) is 9.97 Å². The zero-order valence-electron chi connectivity index (χ0n) is 55.3. The molecule has 0 saturated carbocycles. The Bertz CT molecular complexity index is 4180. The summed E-state index contributed by atoms with van der Waals surface area (Å²) < 4.78 is 14.8. The van der Waals surface area contributed by atoms with Crippen molar-refractivity contribution in [2.24, 2.45) is 38.3 Å². The number of nitrogens with two attached hydrogens (primary N) is 3. The number of aliphatic hydroxyl groups excluding tert-OH is 1. The third-order valence-electron chi connectivity index (χ3n) is 16.9. The van der Waals surface area contributed by atoms with E-state index in [0.717, 1.165) is 119 Å². The molecule has 0 spiro atoms. The van der Waals surface area contributed by atoms with Crippen LogP contribution in [0, 0.1) is 13.8 Å². The average molecular weight is 1310 g/mol. The van der Waals surface area contributed by atoms with Gasteiger partial charge >= 0.3 is 0 Å². The first-order valence-corrected chi connectivity index (χ1v) is 31.8. The molecule has 506 valence electrons. The highest BCUT2D eigenvalue weighted by molar-refractivity contribution is 5.74. The van der Waals surface area contributed by atoms with Crippen molar-refractivity contribution in [2.75, 3.05) is 58.9 Å². The molecule has 2 aliphatic heterocycles. The van der Waals surface area contributed by atoms with Crippen LogP contribution in [0.1, 0.15) is 78.0 Å². The Kier molecular flexibility index (Phi) is 23.3. The molecule has 12 rings (SSSR count). The van der Waals surface area contributed by atoms with E-state index in [-0.39, 0.29) is 46.9 Å². The molecule has 11 N–H and O–H groups in total. The van der Waals surface area contributed by atoms with Crippen LogP contribution < -0.4 is 36.8 Å². The van der Waals surface area contributed by atoms with Crippen LogP contribution in [0.15, 0.2) is 163 Å². The summed E-state index contributed by atoms with van der Waals surface area (Å²) >= 11 is 0. The number of carbonyl (C=O) groups is 2. The number of phenolic OH excluding ortho intramolecular Hbond substituents is 4. The van der Waals surface area contributed by atoms with E-state index in [4.69, 9.17) is 21.7 Å². The van der Waals surface area contributed by atoms with Gasteiger partial charge in [-0.1, -0.05) is 48.1 Å². The molecule has 26 nitrogen and oxygen atoms in total. The van der Waals surface area contributed by atoms with Gasteiger partial charge in [0, 0.05) is 182 Å². The second-order valence-electron chi connectivity index (χ2n) is 24.2. The van der Waals surface area contributed by atoms with Gasteiger partial charge in [-0.3, -0.25) is 23.6 Å². The van der Waals surface area contributed by atoms with Crippen LogP contribution in [0.3, 0.4) is 0 Å². The summed E-state index contributed by atoms with van der Waals surface area (Å²) in [6.45, 7) is 15.4. The van der Waals surface area contributed by atoms with Crippen molar-refractivity contribution in [3.8, 4) is 34.4 Å². The molecular formula is C70H88N18O8. The summed E-state index contributed by atoms with van der Waals surface area (Å²) in [5, 5.41) is 65.3. The van der Waals surface area contributed by atoms with Crippen molar-refractivity contribution in [3.05, 3.63) is 204 Å². The summed E-state index contributed by atoms with van der Waals surface area (Å²) in [5.41, 5.74) is 28.7. The molecule has 96 heavy (non-hydrogen) atoms.